The molecule has 19 heavy (non-hydrogen) atoms. The molecule has 3 heteroatoms. The molecular formula is C16H13FO2. The number of ether oxygens (including phenoxy) is 1. The predicted molar refractivity (Wildman–Crippen MR) is 71.7 cm³/mol. The molecular weight excluding hydrogens is 243 g/mol. The fourth-order valence-corrected chi connectivity index (χ4v) is 2.00. The van der Waals surface area contributed by atoms with Crippen molar-refractivity contribution in [3.8, 4) is 5.75 Å². The van der Waals surface area contributed by atoms with Gasteiger partial charge < -0.3 is 9.15 Å². The minimum atomic E-state index is -0.264. The summed E-state index contributed by atoms with van der Waals surface area (Å²) in [7, 11) is 0. The Kier molecular flexibility index (Phi) is 2.95. The van der Waals surface area contributed by atoms with Crippen LogP contribution in [-0.4, -0.2) is 0 Å². The maximum Gasteiger partial charge on any atom is 0.146 e. The summed E-state index contributed by atoms with van der Waals surface area (Å²) in [5.41, 5.74) is 1.81. The van der Waals surface area contributed by atoms with Crippen LogP contribution in [0.1, 0.15) is 11.3 Å². The Balaban J connectivity index is 1.78. The summed E-state index contributed by atoms with van der Waals surface area (Å²) in [4.78, 5) is 0. The monoisotopic (exact) mass is 256 g/mol. The molecule has 0 aliphatic carbocycles. The van der Waals surface area contributed by atoms with Crippen molar-refractivity contribution in [3.63, 3.8) is 0 Å². The largest absolute Gasteiger partial charge is 0.486 e. The lowest BCUT2D eigenvalue weighted by atomic mass is 10.2. The van der Waals surface area contributed by atoms with Crippen molar-refractivity contribution < 1.29 is 13.5 Å². The normalized spacial score (nSPS) is 10.8. The summed E-state index contributed by atoms with van der Waals surface area (Å²) in [6, 6.07) is 14.1. The summed E-state index contributed by atoms with van der Waals surface area (Å²) in [6.45, 7) is 2.34. The number of rotatable bonds is 3. The number of halogens is 1. The van der Waals surface area contributed by atoms with E-state index in [1.54, 1.807) is 12.1 Å². The summed E-state index contributed by atoms with van der Waals surface area (Å²) >= 11 is 0. The SMILES string of the molecule is Cc1cccc(OCc2cc3cc(F)ccc3o2)c1. The van der Waals surface area contributed by atoms with Crippen LogP contribution < -0.4 is 4.74 Å². The first-order valence-electron chi connectivity index (χ1n) is 6.08. The van der Waals surface area contributed by atoms with Crippen molar-refractivity contribution in [3.05, 3.63) is 65.7 Å². The molecule has 3 rings (SSSR count). The van der Waals surface area contributed by atoms with Crippen LogP contribution in [0.5, 0.6) is 5.75 Å². The van der Waals surface area contributed by atoms with Gasteiger partial charge in [0.05, 0.1) is 0 Å². The molecule has 0 fully saturated rings. The number of hydrogen-bond acceptors (Lipinski definition) is 2. The van der Waals surface area contributed by atoms with E-state index in [4.69, 9.17) is 9.15 Å². The van der Waals surface area contributed by atoms with Crippen molar-refractivity contribution in [1.29, 1.82) is 0 Å². The molecule has 0 amide bonds. The number of aryl methyl sites for hydroxylation is 1. The Hall–Kier alpha value is -2.29. The summed E-state index contributed by atoms with van der Waals surface area (Å²) in [6.07, 6.45) is 0. The molecule has 0 unspecified atom stereocenters. The van der Waals surface area contributed by atoms with Crippen molar-refractivity contribution in [2.45, 2.75) is 13.5 Å². The van der Waals surface area contributed by atoms with E-state index in [1.165, 1.54) is 12.1 Å². The molecule has 0 atom stereocenters. The van der Waals surface area contributed by atoms with E-state index < -0.39 is 0 Å². The lowest BCUT2D eigenvalue weighted by molar-refractivity contribution is 0.274. The van der Waals surface area contributed by atoms with Gasteiger partial charge in [-0.05, 0) is 48.9 Å². The van der Waals surface area contributed by atoms with Crippen LogP contribution >= 0.6 is 0 Å². The second-order valence-electron chi connectivity index (χ2n) is 4.50. The highest BCUT2D eigenvalue weighted by atomic mass is 19.1. The van der Waals surface area contributed by atoms with Crippen molar-refractivity contribution in [2.75, 3.05) is 0 Å². The zero-order valence-electron chi connectivity index (χ0n) is 10.5. The molecule has 0 saturated heterocycles. The van der Waals surface area contributed by atoms with Gasteiger partial charge in [-0.1, -0.05) is 12.1 Å². The topological polar surface area (TPSA) is 22.4 Å². The quantitative estimate of drug-likeness (QED) is 0.690. The Morgan fingerprint density at radius 3 is 2.84 bits per heavy atom. The van der Waals surface area contributed by atoms with E-state index in [1.807, 2.05) is 31.2 Å². The molecule has 2 nitrogen and oxygen atoms in total. The van der Waals surface area contributed by atoms with E-state index in [2.05, 4.69) is 0 Å². The van der Waals surface area contributed by atoms with Gasteiger partial charge in [0.1, 0.15) is 29.5 Å². The van der Waals surface area contributed by atoms with Crippen LogP contribution in [0.15, 0.2) is 52.9 Å². The molecule has 0 N–H and O–H groups in total. The van der Waals surface area contributed by atoms with Crippen LogP contribution in [0.2, 0.25) is 0 Å². The lowest BCUT2D eigenvalue weighted by Gasteiger charge is -2.04. The van der Waals surface area contributed by atoms with Gasteiger partial charge in [-0.15, -0.1) is 0 Å². The molecule has 3 aromatic rings. The second-order valence-corrected chi connectivity index (χ2v) is 4.50. The van der Waals surface area contributed by atoms with Gasteiger partial charge in [0, 0.05) is 5.39 Å². The van der Waals surface area contributed by atoms with Gasteiger partial charge in [-0.3, -0.25) is 0 Å². The number of hydrogen-bond donors (Lipinski definition) is 0. The van der Waals surface area contributed by atoms with Gasteiger partial charge in [-0.2, -0.15) is 0 Å². The van der Waals surface area contributed by atoms with E-state index >= 15 is 0 Å². The van der Waals surface area contributed by atoms with E-state index in [0.717, 1.165) is 16.7 Å². The second kappa shape index (κ2) is 4.76. The molecule has 96 valence electrons. The van der Waals surface area contributed by atoms with Crippen LogP contribution in [0.3, 0.4) is 0 Å². The minimum Gasteiger partial charge on any atom is -0.486 e. The van der Waals surface area contributed by atoms with E-state index in [-0.39, 0.29) is 5.82 Å². The van der Waals surface area contributed by atoms with Crippen molar-refractivity contribution >= 4 is 11.0 Å². The first kappa shape index (κ1) is 11.8. The highest BCUT2D eigenvalue weighted by Crippen LogP contribution is 2.22. The summed E-state index contributed by atoms with van der Waals surface area (Å²) in [5.74, 6) is 1.22. The Labute approximate surface area is 110 Å². The number of furan rings is 1. The Morgan fingerprint density at radius 2 is 2.00 bits per heavy atom. The average molecular weight is 256 g/mol. The third-order valence-electron chi connectivity index (χ3n) is 2.90. The summed E-state index contributed by atoms with van der Waals surface area (Å²) < 4.78 is 24.3. The molecule has 0 spiro atoms. The highest BCUT2D eigenvalue weighted by Gasteiger charge is 2.05. The predicted octanol–water partition coefficient (Wildman–Crippen LogP) is 4.46. The zero-order valence-corrected chi connectivity index (χ0v) is 10.5. The third-order valence-corrected chi connectivity index (χ3v) is 2.90. The first-order chi connectivity index (χ1) is 9.20. The lowest BCUT2D eigenvalue weighted by Crippen LogP contribution is -1.93. The minimum absolute atomic E-state index is 0.264. The molecule has 0 aliphatic rings. The van der Waals surface area contributed by atoms with Gasteiger partial charge in [0.15, 0.2) is 0 Å². The van der Waals surface area contributed by atoms with Gasteiger partial charge in [0.25, 0.3) is 0 Å². The highest BCUT2D eigenvalue weighted by molar-refractivity contribution is 5.77. The molecule has 0 radical (unpaired) electrons. The van der Waals surface area contributed by atoms with Gasteiger partial charge in [-0.25, -0.2) is 4.39 Å². The van der Waals surface area contributed by atoms with E-state index in [0.29, 0.717) is 18.0 Å². The van der Waals surface area contributed by atoms with Crippen molar-refractivity contribution in [2.24, 2.45) is 0 Å². The molecule has 2 aromatic carbocycles. The standard InChI is InChI=1S/C16H13FO2/c1-11-3-2-4-14(7-11)18-10-15-9-12-8-13(17)5-6-16(12)19-15/h2-9H,10H2,1H3. The fourth-order valence-electron chi connectivity index (χ4n) is 2.00. The summed E-state index contributed by atoms with van der Waals surface area (Å²) in [5, 5.41) is 0.753. The smallest absolute Gasteiger partial charge is 0.146 e. The Bertz CT molecular complexity index is 716. The molecule has 0 bridgehead atoms. The van der Waals surface area contributed by atoms with Crippen LogP contribution in [0, 0.1) is 12.7 Å². The zero-order chi connectivity index (χ0) is 13.2. The van der Waals surface area contributed by atoms with Crippen LogP contribution in [-0.2, 0) is 6.61 Å². The molecule has 0 saturated carbocycles. The maximum absolute atomic E-state index is 13.1. The molecule has 1 aromatic heterocycles. The average Bonchev–Trinajstić information content (AvgIpc) is 2.78. The molecule has 1 heterocycles. The number of fused-ring (bicyclic) bond motifs is 1. The fraction of sp³-hybridized carbons (Fsp3) is 0.125. The van der Waals surface area contributed by atoms with Gasteiger partial charge >= 0.3 is 0 Å². The maximum atomic E-state index is 13.1. The first-order valence-corrected chi connectivity index (χ1v) is 6.08. The van der Waals surface area contributed by atoms with Crippen LogP contribution in [0.25, 0.3) is 11.0 Å². The van der Waals surface area contributed by atoms with Crippen LogP contribution in [0.4, 0.5) is 4.39 Å². The molecule has 0 aliphatic heterocycles. The van der Waals surface area contributed by atoms with Gasteiger partial charge in [0.2, 0.25) is 0 Å². The van der Waals surface area contributed by atoms with Crippen molar-refractivity contribution in [1.82, 2.24) is 0 Å². The number of benzene rings is 2. The third kappa shape index (κ3) is 2.60. The van der Waals surface area contributed by atoms with E-state index in [9.17, 15) is 4.39 Å². The Morgan fingerprint density at radius 1 is 1.11 bits per heavy atom.